The molecule has 0 aliphatic heterocycles. The van der Waals surface area contributed by atoms with Gasteiger partial charge in [-0.2, -0.15) is 0 Å². The summed E-state index contributed by atoms with van der Waals surface area (Å²) in [5.41, 5.74) is 8.00. The van der Waals surface area contributed by atoms with Crippen LogP contribution in [0.1, 0.15) is 51.5 Å². The fourth-order valence-electron chi connectivity index (χ4n) is 5.30. The average molecular weight is 489 g/mol. The maximum atomic E-state index is 6.24. The van der Waals surface area contributed by atoms with E-state index in [0.717, 1.165) is 61.9 Å². The summed E-state index contributed by atoms with van der Waals surface area (Å²) in [6.45, 7) is 13.2. The van der Waals surface area contributed by atoms with Crippen LogP contribution in [-0.2, 0) is 11.8 Å². The highest BCUT2D eigenvalue weighted by Gasteiger charge is 2.21. The van der Waals surface area contributed by atoms with Gasteiger partial charge in [0.05, 0.1) is 17.3 Å². The molecule has 0 bridgehead atoms. The predicted octanol–water partition coefficient (Wildman–Crippen LogP) is 9.26. The van der Waals surface area contributed by atoms with E-state index in [2.05, 4.69) is 95.1 Å². The highest BCUT2D eigenvalue weighted by atomic mass is 16.3. The van der Waals surface area contributed by atoms with E-state index in [1.54, 1.807) is 6.26 Å². The summed E-state index contributed by atoms with van der Waals surface area (Å²) < 4.78 is 12.2. The molecule has 0 aliphatic carbocycles. The number of nitrogens with zero attached hydrogens (tertiary/aromatic N) is 2. The molecule has 0 amide bonds. The summed E-state index contributed by atoms with van der Waals surface area (Å²) in [5.74, 6) is 1.58. The number of pyridine rings is 2. The number of benzene rings is 2. The van der Waals surface area contributed by atoms with Crippen LogP contribution in [-0.4, -0.2) is 9.97 Å². The van der Waals surface area contributed by atoms with Crippen molar-refractivity contribution in [3.63, 3.8) is 0 Å². The molecule has 6 rings (SSSR count). The zero-order valence-electron chi connectivity index (χ0n) is 22.3. The van der Waals surface area contributed by atoms with Crippen LogP contribution in [0, 0.1) is 12.8 Å². The Hall–Kier alpha value is -3.92. The molecule has 37 heavy (non-hydrogen) atoms. The molecule has 0 spiro atoms. The highest BCUT2D eigenvalue weighted by molar-refractivity contribution is 5.99. The van der Waals surface area contributed by atoms with Crippen LogP contribution in [0.5, 0.6) is 0 Å². The van der Waals surface area contributed by atoms with Gasteiger partial charge in [-0.05, 0) is 82.3 Å². The Kier molecular flexibility index (Phi) is 5.45. The Balaban J connectivity index is 1.56. The highest BCUT2D eigenvalue weighted by Crippen LogP contribution is 2.39. The number of hydrogen-bond donors (Lipinski definition) is 0. The first-order valence-electron chi connectivity index (χ1n) is 13.0. The largest absolute Gasteiger partial charge is 0.461 e. The van der Waals surface area contributed by atoms with Crippen LogP contribution in [0.25, 0.3) is 55.2 Å². The summed E-state index contributed by atoms with van der Waals surface area (Å²) in [6.07, 6.45) is 6.52. The third-order valence-electron chi connectivity index (χ3n) is 7.08. The molecule has 2 aromatic carbocycles. The van der Waals surface area contributed by atoms with Crippen molar-refractivity contribution in [3.05, 3.63) is 84.1 Å². The van der Waals surface area contributed by atoms with Crippen LogP contribution in [0.4, 0.5) is 0 Å². The Morgan fingerprint density at radius 1 is 0.919 bits per heavy atom. The monoisotopic (exact) mass is 488 g/mol. The minimum atomic E-state index is -0.0260. The summed E-state index contributed by atoms with van der Waals surface area (Å²) >= 11 is 0. The van der Waals surface area contributed by atoms with Gasteiger partial charge in [-0.3, -0.25) is 4.98 Å². The Labute approximate surface area is 217 Å². The van der Waals surface area contributed by atoms with Gasteiger partial charge in [-0.1, -0.05) is 46.8 Å². The van der Waals surface area contributed by atoms with Crippen LogP contribution in [0.3, 0.4) is 0 Å². The van der Waals surface area contributed by atoms with Crippen molar-refractivity contribution in [2.75, 3.05) is 0 Å². The topological polar surface area (TPSA) is 52.1 Å². The Bertz CT molecular complexity index is 1780. The molecular weight excluding hydrogens is 456 g/mol. The average Bonchev–Trinajstić information content (AvgIpc) is 3.43. The second-order valence-corrected chi connectivity index (χ2v) is 11.6. The lowest BCUT2D eigenvalue weighted by Gasteiger charge is -2.22. The fraction of sp³-hybridized carbons (Fsp3) is 0.273. The van der Waals surface area contributed by atoms with Crippen LogP contribution >= 0.6 is 0 Å². The SMILES string of the molecule is Cc1coc2nc(-c3cc(C(C)(C)C)c4ccncc4c3)cc(-c3ccc4cc(CC(C)C)oc4c3)c12. The molecule has 0 saturated carbocycles. The lowest BCUT2D eigenvalue weighted by molar-refractivity contribution is 0.500. The van der Waals surface area contributed by atoms with E-state index in [0.29, 0.717) is 11.6 Å². The molecule has 0 radical (unpaired) electrons. The normalized spacial score (nSPS) is 12.4. The number of furan rings is 2. The van der Waals surface area contributed by atoms with Gasteiger partial charge in [0.1, 0.15) is 11.3 Å². The number of rotatable bonds is 4. The Morgan fingerprint density at radius 3 is 2.54 bits per heavy atom. The Morgan fingerprint density at radius 2 is 1.76 bits per heavy atom. The van der Waals surface area contributed by atoms with E-state index in [1.807, 2.05) is 12.4 Å². The number of aryl methyl sites for hydroxylation is 1. The van der Waals surface area contributed by atoms with Gasteiger partial charge in [0.2, 0.25) is 5.71 Å². The minimum absolute atomic E-state index is 0.0260. The molecule has 4 heteroatoms. The van der Waals surface area contributed by atoms with Gasteiger partial charge in [0, 0.05) is 35.2 Å². The number of fused-ring (bicyclic) bond motifs is 3. The molecule has 4 nitrogen and oxygen atoms in total. The van der Waals surface area contributed by atoms with Crippen LogP contribution in [0.15, 0.2) is 76.0 Å². The molecule has 0 unspecified atom stereocenters. The van der Waals surface area contributed by atoms with Gasteiger partial charge in [0.15, 0.2) is 0 Å². The summed E-state index contributed by atoms with van der Waals surface area (Å²) in [4.78, 5) is 9.36. The first-order valence-corrected chi connectivity index (χ1v) is 13.0. The summed E-state index contributed by atoms with van der Waals surface area (Å²) in [6, 6.07) is 17.4. The second-order valence-electron chi connectivity index (χ2n) is 11.6. The van der Waals surface area contributed by atoms with Crippen molar-refractivity contribution in [1.29, 1.82) is 0 Å². The fourth-order valence-corrected chi connectivity index (χ4v) is 5.30. The lowest BCUT2D eigenvalue weighted by atomic mass is 9.82. The standard InChI is InChI=1S/C33H32N2O2/c1-19(2)11-25-13-22-8-7-21(15-30(22)37-25)27-16-29(35-32-31(27)20(3)18-36-32)23-12-24-17-34-10-9-26(24)28(14-23)33(4,5)6/h7-10,12-19H,11H2,1-6H3. The van der Waals surface area contributed by atoms with E-state index >= 15 is 0 Å². The van der Waals surface area contributed by atoms with Gasteiger partial charge in [-0.15, -0.1) is 0 Å². The zero-order chi connectivity index (χ0) is 25.9. The van der Waals surface area contributed by atoms with Gasteiger partial charge in [-0.25, -0.2) is 4.98 Å². The van der Waals surface area contributed by atoms with Crippen LogP contribution < -0.4 is 0 Å². The van der Waals surface area contributed by atoms with Gasteiger partial charge in [0.25, 0.3) is 0 Å². The van der Waals surface area contributed by atoms with Crippen molar-refractivity contribution >= 4 is 32.8 Å². The summed E-state index contributed by atoms with van der Waals surface area (Å²) in [5, 5.41) is 4.50. The van der Waals surface area contributed by atoms with Crippen molar-refractivity contribution in [2.45, 2.75) is 53.4 Å². The summed E-state index contributed by atoms with van der Waals surface area (Å²) in [7, 11) is 0. The molecule has 4 aromatic heterocycles. The smallest absolute Gasteiger partial charge is 0.227 e. The molecule has 0 saturated heterocycles. The van der Waals surface area contributed by atoms with Crippen molar-refractivity contribution in [2.24, 2.45) is 5.92 Å². The molecule has 0 aliphatic rings. The predicted molar refractivity (Wildman–Crippen MR) is 152 cm³/mol. The molecule has 0 N–H and O–H groups in total. The minimum Gasteiger partial charge on any atom is -0.461 e. The third kappa shape index (κ3) is 4.21. The van der Waals surface area contributed by atoms with Crippen molar-refractivity contribution in [3.8, 4) is 22.4 Å². The molecule has 186 valence electrons. The molecule has 6 aromatic rings. The second kappa shape index (κ2) is 8.58. The molecule has 0 fully saturated rings. The first-order chi connectivity index (χ1) is 17.7. The van der Waals surface area contributed by atoms with Crippen LogP contribution in [0.2, 0.25) is 0 Å². The molecule has 0 atom stereocenters. The van der Waals surface area contributed by atoms with Gasteiger partial charge >= 0.3 is 0 Å². The van der Waals surface area contributed by atoms with E-state index < -0.39 is 0 Å². The van der Waals surface area contributed by atoms with E-state index in [9.17, 15) is 0 Å². The molecule has 4 heterocycles. The third-order valence-corrected chi connectivity index (χ3v) is 7.08. The number of hydrogen-bond acceptors (Lipinski definition) is 4. The molecular formula is C33H32N2O2. The van der Waals surface area contributed by atoms with Gasteiger partial charge < -0.3 is 8.83 Å². The zero-order valence-corrected chi connectivity index (χ0v) is 22.3. The van der Waals surface area contributed by atoms with Crippen molar-refractivity contribution in [1.82, 2.24) is 9.97 Å². The lowest BCUT2D eigenvalue weighted by Crippen LogP contribution is -2.12. The van der Waals surface area contributed by atoms with E-state index in [1.165, 1.54) is 10.9 Å². The first kappa shape index (κ1) is 23.5. The van der Waals surface area contributed by atoms with E-state index in [4.69, 9.17) is 13.8 Å². The quantitative estimate of drug-likeness (QED) is 0.248. The maximum Gasteiger partial charge on any atom is 0.227 e. The maximum absolute atomic E-state index is 6.24. The van der Waals surface area contributed by atoms with E-state index in [-0.39, 0.29) is 5.41 Å². The number of aromatic nitrogens is 2. The van der Waals surface area contributed by atoms with Crippen molar-refractivity contribution < 1.29 is 8.83 Å².